The van der Waals surface area contributed by atoms with E-state index in [0.29, 0.717) is 19.9 Å². The van der Waals surface area contributed by atoms with Crippen molar-refractivity contribution >= 4 is 12.3 Å². The van der Waals surface area contributed by atoms with Crippen LogP contribution in [0.3, 0.4) is 0 Å². The van der Waals surface area contributed by atoms with E-state index in [2.05, 4.69) is 4.90 Å². The number of urea groups is 1. The molecule has 1 atom stereocenters. The van der Waals surface area contributed by atoms with Gasteiger partial charge in [-0.1, -0.05) is 6.92 Å². The van der Waals surface area contributed by atoms with Crippen molar-refractivity contribution in [1.82, 2.24) is 14.7 Å². The van der Waals surface area contributed by atoms with E-state index >= 15 is 0 Å². The number of aldehydes is 1. The van der Waals surface area contributed by atoms with Gasteiger partial charge in [-0.05, 0) is 0 Å². The Labute approximate surface area is 84.3 Å². The molecular formula is C9H17N3O2. The largest absolute Gasteiger partial charge is 0.321 e. The first-order valence-corrected chi connectivity index (χ1v) is 4.68. The normalized spacial score (nSPS) is 21.2. The Balaban J connectivity index is 2.49. The monoisotopic (exact) mass is 199 g/mol. The fraction of sp³-hybridized carbons (Fsp3) is 0.778. The van der Waals surface area contributed by atoms with Crippen LogP contribution in [-0.2, 0) is 4.79 Å². The van der Waals surface area contributed by atoms with Crippen molar-refractivity contribution in [3.63, 3.8) is 0 Å². The van der Waals surface area contributed by atoms with Gasteiger partial charge in [-0.15, -0.1) is 0 Å². The molecule has 1 saturated heterocycles. The van der Waals surface area contributed by atoms with Crippen molar-refractivity contribution in [1.29, 1.82) is 0 Å². The maximum atomic E-state index is 11.4. The van der Waals surface area contributed by atoms with Gasteiger partial charge in [0.25, 0.3) is 0 Å². The smallest absolute Gasteiger partial charge is 0.315 e. The third-order valence-corrected chi connectivity index (χ3v) is 2.26. The standard InChI is InChI=1S/C9H17N3O2/c1-8(5-13)4-12-6-10(2)9(14)11(3)7-12/h5,8H,4,6-7H2,1-3H3. The molecule has 0 radical (unpaired) electrons. The molecule has 2 amide bonds. The minimum atomic E-state index is 0.0185. The summed E-state index contributed by atoms with van der Waals surface area (Å²) in [6.45, 7) is 3.78. The molecule has 1 fully saturated rings. The fourth-order valence-corrected chi connectivity index (χ4v) is 1.62. The molecule has 0 aliphatic carbocycles. The number of hydrogen-bond acceptors (Lipinski definition) is 3. The van der Waals surface area contributed by atoms with Gasteiger partial charge in [0, 0.05) is 26.6 Å². The van der Waals surface area contributed by atoms with E-state index in [1.165, 1.54) is 0 Å². The Morgan fingerprint density at radius 3 is 2.29 bits per heavy atom. The second-order valence-corrected chi connectivity index (χ2v) is 3.93. The summed E-state index contributed by atoms with van der Waals surface area (Å²) < 4.78 is 0. The van der Waals surface area contributed by atoms with E-state index in [9.17, 15) is 9.59 Å². The Hall–Kier alpha value is -1.10. The van der Waals surface area contributed by atoms with Gasteiger partial charge in [0.05, 0.1) is 13.3 Å². The minimum absolute atomic E-state index is 0.0185. The molecule has 80 valence electrons. The lowest BCUT2D eigenvalue weighted by molar-refractivity contribution is -0.111. The first kappa shape index (κ1) is 11.0. The average molecular weight is 199 g/mol. The van der Waals surface area contributed by atoms with E-state index < -0.39 is 0 Å². The summed E-state index contributed by atoms with van der Waals surface area (Å²) in [6, 6.07) is 0.0278. The summed E-state index contributed by atoms with van der Waals surface area (Å²) in [4.78, 5) is 27.2. The lowest BCUT2D eigenvalue weighted by Gasteiger charge is -2.39. The van der Waals surface area contributed by atoms with Crippen molar-refractivity contribution in [2.45, 2.75) is 6.92 Å². The van der Waals surface area contributed by atoms with E-state index in [4.69, 9.17) is 0 Å². The molecule has 5 nitrogen and oxygen atoms in total. The number of amides is 2. The topological polar surface area (TPSA) is 43.9 Å². The van der Waals surface area contributed by atoms with Crippen LogP contribution in [0.2, 0.25) is 0 Å². The molecule has 1 aliphatic heterocycles. The fourth-order valence-electron chi connectivity index (χ4n) is 1.62. The zero-order chi connectivity index (χ0) is 10.7. The predicted molar refractivity (Wildman–Crippen MR) is 52.6 cm³/mol. The molecule has 1 heterocycles. The second kappa shape index (κ2) is 4.41. The second-order valence-electron chi connectivity index (χ2n) is 3.93. The molecule has 0 spiro atoms. The number of carbonyl (C=O) groups is 2. The van der Waals surface area contributed by atoms with E-state index in [1.807, 2.05) is 6.92 Å². The molecule has 5 heteroatoms. The third-order valence-electron chi connectivity index (χ3n) is 2.26. The van der Waals surface area contributed by atoms with Crippen molar-refractivity contribution in [2.75, 3.05) is 34.0 Å². The lowest BCUT2D eigenvalue weighted by atomic mass is 10.2. The van der Waals surface area contributed by atoms with Gasteiger partial charge in [0.1, 0.15) is 6.29 Å². The molecule has 0 aromatic heterocycles. The van der Waals surface area contributed by atoms with Crippen molar-refractivity contribution in [3.05, 3.63) is 0 Å². The zero-order valence-electron chi connectivity index (χ0n) is 8.93. The highest BCUT2D eigenvalue weighted by Gasteiger charge is 2.25. The van der Waals surface area contributed by atoms with Crippen LogP contribution < -0.4 is 0 Å². The SMILES string of the molecule is CC(C=O)CN1CN(C)C(=O)N(C)C1. The summed E-state index contributed by atoms with van der Waals surface area (Å²) in [5, 5.41) is 0. The Kier molecular flexibility index (Phi) is 3.46. The van der Waals surface area contributed by atoms with Crippen molar-refractivity contribution in [3.8, 4) is 0 Å². The molecule has 1 rings (SSSR count). The minimum Gasteiger partial charge on any atom is -0.315 e. The van der Waals surface area contributed by atoms with Gasteiger partial charge in [0.15, 0.2) is 0 Å². The summed E-state index contributed by atoms with van der Waals surface area (Å²) in [5.41, 5.74) is 0. The van der Waals surface area contributed by atoms with Gasteiger partial charge < -0.3 is 14.6 Å². The zero-order valence-corrected chi connectivity index (χ0v) is 8.93. The highest BCUT2D eigenvalue weighted by molar-refractivity contribution is 5.74. The molecular weight excluding hydrogens is 182 g/mol. The Morgan fingerprint density at radius 2 is 1.86 bits per heavy atom. The molecule has 1 unspecified atom stereocenters. The van der Waals surface area contributed by atoms with Gasteiger partial charge in [-0.2, -0.15) is 0 Å². The molecule has 0 aromatic carbocycles. The summed E-state index contributed by atoms with van der Waals surface area (Å²) in [5.74, 6) is 0.0185. The molecule has 0 bridgehead atoms. The van der Waals surface area contributed by atoms with Gasteiger partial charge in [-0.3, -0.25) is 4.90 Å². The van der Waals surface area contributed by atoms with Crippen LogP contribution in [-0.4, -0.2) is 61.0 Å². The number of hydrogen-bond donors (Lipinski definition) is 0. The van der Waals surface area contributed by atoms with Crippen LogP contribution in [0.25, 0.3) is 0 Å². The highest BCUT2D eigenvalue weighted by Crippen LogP contribution is 2.07. The highest BCUT2D eigenvalue weighted by atomic mass is 16.2. The first-order chi connectivity index (χ1) is 6.54. The van der Waals surface area contributed by atoms with Crippen molar-refractivity contribution < 1.29 is 9.59 Å². The molecule has 0 aromatic rings. The van der Waals surface area contributed by atoms with Crippen molar-refractivity contribution in [2.24, 2.45) is 5.92 Å². The molecule has 0 N–H and O–H groups in total. The van der Waals surface area contributed by atoms with Crippen LogP contribution in [0.5, 0.6) is 0 Å². The molecule has 1 aliphatic rings. The van der Waals surface area contributed by atoms with Gasteiger partial charge in [0.2, 0.25) is 0 Å². The number of carbonyl (C=O) groups excluding carboxylic acids is 2. The van der Waals surface area contributed by atoms with Crippen LogP contribution in [0.15, 0.2) is 0 Å². The summed E-state index contributed by atoms with van der Waals surface area (Å²) in [7, 11) is 3.52. The van der Waals surface area contributed by atoms with Crippen LogP contribution in [0, 0.1) is 5.92 Å². The van der Waals surface area contributed by atoms with Crippen LogP contribution in [0.4, 0.5) is 4.79 Å². The lowest BCUT2D eigenvalue weighted by Crippen LogP contribution is -2.55. The van der Waals surface area contributed by atoms with E-state index in [0.717, 1.165) is 6.29 Å². The first-order valence-electron chi connectivity index (χ1n) is 4.68. The van der Waals surface area contributed by atoms with Crippen LogP contribution >= 0.6 is 0 Å². The Bertz CT molecular complexity index is 215. The maximum Gasteiger partial charge on any atom is 0.321 e. The maximum absolute atomic E-state index is 11.4. The number of nitrogens with zero attached hydrogens (tertiary/aromatic N) is 3. The van der Waals surface area contributed by atoms with Gasteiger partial charge in [-0.25, -0.2) is 4.79 Å². The summed E-state index contributed by atoms with van der Waals surface area (Å²) in [6.07, 6.45) is 0.941. The van der Waals surface area contributed by atoms with E-state index in [1.54, 1.807) is 23.9 Å². The van der Waals surface area contributed by atoms with E-state index in [-0.39, 0.29) is 11.9 Å². The number of rotatable bonds is 3. The average Bonchev–Trinajstić information content (AvgIpc) is 2.14. The predicted octanol–water partition coefficient (Wildman–Crippen LogP) is 0.0356. The third kappa shape index (κ3) is 2.45. The van der Waals surface area contributed by atoms with Crippen LogP contribution in [0.1, 0.15) is 6.92 Å². The summed E-state index contributed by atoms with van der Waals surface area (Å²) >= 11 is 0. The molecule has 14 heavy (non-hydrogen) atoms. The molecule has 0 saturated carbocycles. The van der Waals surface area contributed by atoms with Gasteiger partial charge >= 0.3 is 6.03 Å². The quantitative estimate of drug-likeness (QED) is 0.603. The Morgan fingerprint density at radius 1 is 1.36 bits per heavy atom.